The fraction of sp³-hybridized carbons (Fsp3) is 0.714. The lowest BCUT2D eigenvalue weighted by Gasteiger charge is -2.30. The lowest BCUT2D eigenvalue weighted by Crippen LogP contribution is -2.46. The first kappa shape index (κ1) is 24.4. The second kappa shape index (κ2) is 12.7. The van der Waals surface area contributed by atoms with Crippen LogP contribution in [0.2, 0.25) is 0 Å². The Morgan fingerprint density at radius 3 is 2.86 bits per heavy atom. The van der Waals surface area contributed by atoms with Crippen LogP contribution in [0.5, 0.6) is 5.88 Å². The van der Waals surface area contributed by atoms with Crippen molar-refractivity contribution in [2.75, 3.05) is 18.9 Å². The first-order valence-corrected chi connectivity index (χ1v) is 12.1. The molecule has 8 heteroatoms. The summed E-state index contributed by atoms with van der Waals surface area (Å²) in [5, 5.41) is 7.20. The first-order chi connectivity index (χ1) is 13.7. The minimum atomic E-state index is -0.711. The largest absolute Gasteiger partial charge is 0.477 e. The molecular formula is C21H35IN4O2S. The van der Waals surface area contributed by atoms with E-state index in [1.54, 1.807) is 6.20 Å². The molecule has 0 bridgehead atoms. The van der Waals surface area contributed by atoms with Crippen LogP contribution in [0.3, 0.4) is 0 Å². The zero-order valence-electron chi connectivity index (χ0n) is 17.6. The minimum Gasteiger partial charge on any atom is -0.477 e. The summed E-state index contributed by atoms with van der Waals surface area (Å²) in [6.45, 7) is 6.24. The molecular weight excluding hydrogens is 499 g/mol. The summed E-state index contributed by atoms with van der Waals surface area (Å²) in [5.41, 5.74) is 1.09. The van der Waals surface area contributed by atoms with Crippen molar-refractivity contribution in [3.8, 4) is 5.88 Å². The molecule has 3 atom stereocenters. The summed E-state index contributed by atoms with van der Waals surface area (Å²) < 4.78 is 18.0. The van der Waals surface area contributed by atoms with Crippen LogP contribution in [-0.2, 0) is 17.3 Å². The van der Waals surface area contributed by atoms with E-state index in [1.807, 2.05) is 19.1 Å². The number of pyridine rings is 1. The number of hydrogen-bond acceptors (Lipinski definition) is 4. The lowest BCUT2D eigenvalue weighted by molar-refractivity contribution is 0.288. The molecule has 2 N–H and O–H groups in total. The van der Waals surface area contributed by atoms with Gasteiger partial charge in [-0.15, -0.1) is 24.0 Å². The van der Waals surface area contributed by atoms with Crippen molar-refractivity contribution in [3.63, 3.8) is 0 Å². The quantitative estimate of drug-likeness (QED) is 0.288. The average Bonchev–Trinajstić information content (AvgIpc) is 3.55. The predicted molar refractivity (Wildman–Crippen MR) is 131 cm³/mol. The second-order valence-corrected chi connectivity index (χ2v) is 9.76. The zero-order valence-corrected chi connectivity index (χ0v) is 20.7. The molecule has 0 radical (unpaired) electrons. The van der Waals surface area contributed by atoms with Gasteiger partial charge in [-0.1, -0.05) is 13.3 Å². The van der Waals surface area contributed by atoms with E-state index in [0.717, 1.165) is 62.0 Å². The van der Waals surface area contributed by atoms with Crippen molar-refractivity contribution in [2.45, 2.75) is 70.2 Å². The van der Waals surface area contributed by atoms with E-state index in [0.29, 0.717) is 23.7 Å². The monoisotopic (exact) mass is 534 g/mol. The number of guanidine groups is 1. The lowest BCUT2D eigenvalue weighted by atomic mass is 9.95. The van der Waals surface area contributed by atoms with Crippen LogP contribution < -0.4 is 15.4 Å². The molecule has 6 nitrogen and oxygen atoms in total. The molecule has 2 saturated carbocycles. The highest BCUT2D eigenvalue weighted by molar-refractivity contribution is 14.0. The van der Waals surface area contributed by atoms with Gasteiger partial charge in [-0.3, -0.25) is 4.21 Å². The van der Waals surface area contributed by atoms with Gasteiger partial charge in [-0.2, -0.15) is 0 Å². The topological polar surface area (TPSA) is 75.6 Å². The molecule has 2 aliphatic carbocycles. The van der Waals surface area contributed by atoms with E-state index in [9.17, 15) is 4.21 Å². The Morgan fingerprint density at radius 1 is 1.31 bits per heavy atom. The summed E-state index contributed by atoms with van der Waals surface area (Å²) in [4.78, 5) is 9.05. The van der Waals surface area contributed by atoms with Crippen LogP contribution >= 0.6 is 24.0 Å². The first-order valence-electron chi connectivity index (χ1n) is 10.7. The van der Waals surface area contributed by atoms with E-state index in [4.69, 9.17) is 9.73 Å². The number of rotatable bonds is 9. The van der Waals surface area contributed by atoms with E-state index in [2.05, 4.69) is 22.5 Å². The number of ether oxygens (including phenoxy) is 1. The van der Waals surface area contributed by atoms with Crippen molar-refractivity contribution >= 4 is 40.7 Å². The van der Waals surface area contributed by atoms with Gasteiger partial charge in [0.2, 0.25) is 5.88 Å². The minimum absolute atomic E-state index is 0. The maximum Gasteiger partial charge on any atom is 0.213 e. The molecule has 0 aliphatic heterocycles. The molecule has 0 aromatic carbocycles. The summed E-state index contributed by atoms with van der Waals surface area (Å²) in [6, 6.07) is 4.30. The van der Waals surface area contributed by atoms with Gasteiger partial charge in [-0.25, -0.2) is 9.98 Å². The maximum atomic E-state index is 12.2. The fourth-order valence-electron chi connectivity index (χ4n) is 3.55. The zero-order chi connectivity index (χ0) is 19.8. The molecule has 3 unspecified atom stereocenters. The number of nitrogens with one attached hydrogen (secondary N) is 2. The third kappa shape index (κ3) is 8.39. The predicted octanol–water partition coefficient (Wildman–Crippen LogP) is 3.62. The van der Waals surface area contributed by atoms with Gasteiger partial charge in [0, 0.05) is 46.7 Å². The smallest absolute Gasteiger partial charge is 0.213 e. The van der Waals surface area contributed by atoms with Gasteiger partial charge < -0.3 is 15.4 Å². The van der Waals surface area contributed by atoms with Crippen LogP contribution in [0, 0.1) is 5.92 Å². The third-order valence-electron chi connectivity index (χ3n) is 5.35. The van der Waals surface area contributed by atoms with Crippen molar-refractivity contribution in [1.82, 2.24) is 15.6 Å². The molecule has 2 aliphatic rings. The molecule has 1 heterocycles. The van der Waals surface area contributed by atoms with Crippen molar-refractivity contribution < 1.29 is 8.95 Å². The van der Waals surface area contributed by atoms with Crippen LogP contribution in [0.25, 0.3) is 0 Å². The normalized spacial score (nSPS) is 23.0. The van der Waals surface area contributed by atoms with Crippen LogP contribution in [0.4, 0.5) is 0 Å². The SMILES string of the molecule is CCNC(=NCc1ccnc(OCC2CC2)c1)NC1CCCC(S(=O)CC)C1.I. The Kier molecular flexibility index (Phi) is 10.7. The van der Waals surface area contributed by atoms with E-state index in [1.165, 1.54) is 12.8 Å². The fourth-order valence-corrected chi connectivity index (χ4v) is 4.90. The number of halogens is 1. The Hall–Kier alpha value is -0.900. The van der Waals surface area contributed by atoms with Gasteiger partial charge in [0.05, 0.1) is 13.2 Å². The van der Waals surface area contributed by atoms with Gasteiger partial charge in [0.15, 0.2) is 5.96 Å². The Bertz CT molecular complexity index is 684. The van der Waals surface area contributed by atoms with Crippen molar-refractivity contribution in [1.29, 1.82) is 0 Å². The molecule has 1 aromatic heterocycles. The van der Waals surface area contributed by atoms with Crippen LogP contribution in [0.1, 0.15) is 57.9 Å². The molecule has 0 amide bonds. The molecule has 29 heavy (non-hydrogen) atoms. The number of nitrogens with zero attached hydrogens (tertiary/aromatic N) is 2. The number of aliphatic imine (C=N–C) groups is 1. The summed E-state index contributed by atoms with van der Waals surface area (Å²) in [7, 11) is -0.711. The molecule has 164 valence electrons. The maximum absolute atomic E-state index is 12.2. The van der Waals surface area contributed by atoms with Gasteiger partial charge >= 0.3 is 0 Å². The number of hydrogen-bond donors (Lipinski definition) is 2. The third-order valence-corrected chi connectivity index (χ3v) is 7.09. The summed E-state index contributed by atoms with van der Waals surface area (Å²) in [6.07, 6.45) is 8.60. The molecule has 1 aromatic rings. The van der Waals surface area contributed by atoms with E-state index in [-0.39, 0.29) is 24.0 Å². The highest BCUT2D eigenvalue weighted by atomic mass is 127. The van der Waals surface area contributed by atoms with Crippen LogP contribution in [-0.4, -0.2) is 45.3 Å². The standard InChI is InChI=1S/C21H34N4O2S.HI/c1-3-22-21(25-18-6-5-7-19(13-18)28(26)4-2)24-14-17-10-11-23-20(12-17)27-15-16-8-9-16;/h10-12,16,18-19H,3-9,13-15H2,1-2H3,(H2,22,24,25);1H. The Morgan fingerprint density at radius 2 is 2.14 bits per heavy atom. The molecule has 2 fully saturated rings. The second-order valence-electron chi connectivity index (χ2n) is 7.75. The van der Waals surface area contributed by atoms with Gasteiger partial charge in [-0.05, 0) is 56.6 Å². The highest BCUT2D eigenvalue weighted by Crippen LogP contribution is 2.29. The van der Waals surface area contributed by atoms with Gasteiger partial charge in [0.25, 0.3) is 0 Å². The highest BCUT2D eigenvalue weighted by Gasteiger charge is 2.26. The molecule has 0 saturated heterocycles. The van der Waals surface area contributed by atoms with Crippen LogP contribution in [0.15, 0.2) is 23.3 Å². The summed E-state index contributed by atoms with van der Waals surface area (Å²) in [5.74, 6) is 2.98. The molecule has 0 spiro atoms. The number of aromatic nitrogens is 1. The Balaban J connectivity index is 0.00000300. The van der Waals surface area contributed by atoms with E-state index < -0.39 is 10.8 Å². The van der Waals surface area contributed by atoms with Gasteiger partial charge in [0.1, 0.15) is 0 Å². The van der Waals surface area contributed by atoms with Crippen molar-refractivity contribution in [2.24, 2.45) is 10.9 Å². The van der Waals surface area contributed by atoms with E-state index >= 15 is 0 Å². The summed E-state index contributed by atoms with van der Waals surface area (Å²) >= 11 is 0. The van der Waals surface area contributed by atoms with Crippen molar-refractivity contribution in [3.05, 3.63) is 23.9 Å². The average molecular weight is 535 g/mol. The Labute approximate surface area is 194 Å². The molecule has 3 rings (SSSR count).